The minimum Gasteiger partial charge on any atom is -0.481 e. The van der Waals surface area contributed by atoms with Crippen molar-refractivity contribution in [3.05, 3.63) is 0 Å². The lowest BCUT2D eigenvalue weighted by atomic mass is 9.99. The van der Waals surface area contributed by atoms with E-state index >= 15 is 0 Å². The van der Waals surface area contributed by atoms with Crippen LogP contribution in [0.5, 0.6) is 0 Å². The third-order valence-corrected chi connectivity index (χ3v) is 5.96. The van der Waals surface area contributed by atoms with E-state index in [1.54, 1.807) is 0 Å². The van der Waals surface area contributed by atoms with Gasteiger partial charge in [0, 0.05) is 17.2 Å². The zero-order valence-corrected chi connectivity index (χ0v) is 12.0. The highest BCUT2D eigenvalue weighted by Crippen LogP contribution is 2.54. The van der Waals surface area contributed by atoms with Crippen molar-refractivity contribution < 1.29 is 14.7 Å². The Hall–Kier alpha value is -0.710. The third kappa shape index (κ3) is 2.91. The molecule has 3 rings (SSSR count). The van der Waals surface area contributed by atoms with Gasteiger partial charge in [0.2, 0.25) is 5.91 Å². The molecule has 1 saturated heterocycles. The second-order valence-electron chi connectivity index (χ2n) is 6.26. The van der Waals surface area contributed by atoms with Crippen LogP contribution < -0.4 is 5.32 Å². The van der Waals surface area contributed by atoms with E-state index in [0.717, 1.165) is 31.4 Å². The van der Waals surface area contributed by atoms with Gasteiger partial charge in [-0.1, -0.05) is 6.92 Å². The molecule has 3 fully saturated rings. The molecule has 0 spiro atoms. The second kappa shape index (κ2) is 5.00. The van der Waals surface area contributed by atoms with Crippen LogP contribution in [0.3, 0.4) is 0 Å². The Morgan fingerprint density at radius 3 is 2.63 bits per heavy atom. The van der Waals surface area contributed by atoms with Gasteiger partial charge in [0.05, 0.1) is 5.92 Å². The van der Waals surface area contributed by atoms with Crippen LogP contribution in [0.15, 0.2) is 0 Å². The van der Waals surface area contributed by atoms with Crippen LogP contribution in [-0.4, -0.2) is 34.0 Å². The Morgan fingerprint density at radius 1 is 1.21 bits per heavy atom. The van der Waals surface area contributed by atoms with Crippen molar-refractivity contribution in [2.75, 3.05) is 5.75 Å². The van der Waals surface area contributed by atoms with Gasteiger partial charge in [0.1, 0.15) is 0 Å². The maximum absolute atomic E-state index is 12.2. The summed E-state index contributed by atoms with van der Waals surface area (Å²) in [4.78, 5) is 23.0. The Morgan fingerprint density at radius 2 is 2.00 bits per heavy atom. The lowest BCUT2D eigenvalue weighted by Gasteiger charge is -2.25. The molecule has 0 aromatic rings. The summed E-state index contributed by atoms with van der Waals surface area (Å²) >= 11 is 1.95. The molecule has 0 radical (unpaired) electrons. The Balaban J connectivity index is 1.43. The van der Waals surface area contributed by atoms with Crippen LogP contribution in [-0.2, 0) is 9.59 Å². The molecule has 0 aromatic carbocycles. The number of aliphatic carboxylic acids is 1. The lowest BCUT2D eigenvalue weighted by Crippen LogP contribution is -2.36. The number of carbonyl (C=O) groups excluding carboxylic acids is 1. The summed E-state index contributed by atoms with van der Waals surface area (Å²) in [5.41, 5.74) is 0. The summed E-state index contributed by atoms with van der Waals surface area (Å²) in [7, 11) is 0. The molecule has 2 saturated carbocycles. The van der Waals surface area contributed by atoms with Crippen molar-refractivity contribution in [3.63, 3.8) is 0 Å². The molecule has 2 unspecified atom stereocenters. The van der Waals surface area contributed by atoms with E-state index in [1.807, 2.05) is 11.8 Å². The van der Waals surface area contributed by atoms with E-state index in [2.05, 4.69) is 12.2 Å². The maximum Gasteiger partial charge on any atom is 0.306 e. The smallest absolute Gasteiger partial charge is 0.306 e. The quantitative estimate of drug-likeness (QED) is 0.825. The lowest BCUT2D eigenvalue weighted by molar-refractivity contribution is -0.138. The van der Waals surface area contributed by atoms with Gasteiger partial charge in [-0.05, 0) is 43.3 Å². The number of thioether (sulfide) groups is 1. The molecule has 1 aliphatic heterocycles. The predicted octanol–water partition coefficient (Wildman–Crippen LogP) is 1.74. The van der Waals surface area contributed by atoms with Gasteiger partial charge >= 0.3 is 5.97 Å². The number of hydrogen-bond acceptors (Lipinski definition) is 3. The molecule has 6 atom stereocenters. The highest BCUT2D eigenvalue weighted by Gasteiger charge is 2.57. The first kappa shape index (κ1) is 13.3. The fourth-order valence-corrected chi connectivity index (χ4v) is 4.55. The molecular weight excluding hydrogens is 262 g/mol. The normalized spacial score (nSPS) is 44.5. The first-order valence-electron chi connectivity index (χ1n) is 7.21. The van der Waals surface area contributed by atoms with Crippen molar-refractivity contribution in [2.24, 2.45) is 23.7 Å². The van der Waals surface area contributed by atoms with Crippen molar-refractivity contribution in [2.45, 2.75) is 43.9 Å². The predicted molar refractivity (Wildman–Crippen MR) is 73.9 cm³/mol. The van der Waals surface area contributed by atoms with Gasteiger partial charge in [-0.3, -0.25) is 9.59 Å². The van der Waals surface area contributed by atoms with Crippen LogP contribution in [0.4, 0.5) is 0 Å². The molecule has 106 valence electrons. The molecule has 4 nitrogen and oxygen atoms in total. The SMILES string of the molecule is CC1CC(C(=O)N[C@@H]2C[C@@H]2[C@@H]2C[C@@H]2C(=O)O)CCS1. The summed E-state index contributed by atoms with van der Waals surface area (Å²) in [6, 6.07) is 0.256. The van der Waals surface area contributed by atoms with Crippen LogP contribution in [0.2, 0.25) is 0 Å². The molecular formula is C14H21NO3S. The molecule has 1 amide bonds. The number of rotatable bonds is 4. The zero-order chi connectivity index (χ0) is 13.6. The highest BCUT2D eigenvalue weighted by molar-refractivity contribution is 7.99. The Bertz CT molecular complexity index is 400. The van der Waals surface area contributed by atoms with Gasteiger partial charge < -0.3 is 10.4 Å². The molecule has 0 aromatic heterocycles. The van der Waals surface area contributed by atoms with Crippen molar-refractivity contribution in [1.29, 1.82) is 0 Å². The monoisotopic (exact) mass is 283 g/mol. The second-order valence-corrected chi connectivity index (χ2v) is 7.81. The van der Waals surface area contributed by atoms with E-state index in [9.17, 15) is 9.59 Å². The molecule has 5 heteroatoms. The Labute approximate surface area is 117 Å². The largest absolute Gasteiger partial charge is 0.481 e. The van der Waals surface area contributed by atoms with Crippen LogP contribution in [0.1, 0.15) is 32.6 Å². The van der Waals surface area contributed by atoms with Gasteiger partial charge in [-0.15, -0.1) is 0 Å². The summed E-state index contributed by atoms with van der Waals surface area (Å²) in [5.74, 6) is 1.40. The maximum atomic E-state index is 12.2. The van der Waals surface area contributed by atoms with Crippen LogP contribution in [0.25, 0.3) is 0 Å². The number of carboxylic acids is 1. The number of amides is 1. The van der Waals surface area contributed by atoms with E-state index < -0.39 is 5.97 Å². The van der Waals surface area contributed by atoms with E-state index in [0.29, 0.717) is 17.1 Å². The number of hydrogen-bond donors (Lipinski definition) is 2. The van der Waals surface area contributed by atoms with Gasteiger partial charge in [0.15, 0.2) is 0 Å². The van der Waals surface area contributed by atoms with Crippen molar-refractivity contribution in [3.8, 4) is 0 Å². The zero-order valence-electron chi connectivity index (χ0n) is 11.2. The minimum absolute atomic E-state index is 0.141. The average molecular weight is 283 g/mol. The van der Waals surface area contributed by atoms with Gasteiger partial charge in [-0.2, -0.15) is 11.8 Å². The van der Waals surface area contributed by atoms with E-state index in [1.165, 1.54) is 0 Å². The van der Waals surface area contributed by atoms with E-state index in [4.69, 9.17) is 5.11 Å². The number of carboxylic acid groups (broad SMARTS) is 1. The van der Waals surface area contributed by atoms with Gasteiger partial charge in [-0.25, -0.2) is 0 Å². The van der Waals surface area contributed by atoms with Crippen molar-refractivity contribution >= 4 is 23.6 Å². The standard InChI is InChI=1S/C14H21NO3S/c1-7-4-8(2-3-19-7)13(16)15-12-6-10(12)9-5-11(9)14(17)18/h7-12H,2-6H2,1H3,(H,15,16)(H,17,18)/t7?,8?,9-,10+,11-,12+/m0/s1. The number of nitrogens with one attached hydrogen (secondary N) is 1. The van der Waals surface area contributed by atoms with E-state index in [-0.39, 0.29) is 23.8 Å². The van der Waals surface area contributed by atoms with Crippen molar-refractivity contribution in [1.82, 2.24) is 5.32 Å². The molecule has 2 aliphatic carbocycles. The third-order valence-electron chi connectivity index (χ3n) is 4.73. The highest BCUT2D eigenvalue weighted by atomic mass is 32.2. The fraction of sp³-hybridized carbons (Fsp3) is 0.857. The van der Waals surface area contributed by atoms with Crippen LogP contribution >= 0.6 is 11.8 Å². The minimum atomic E-state index is -0.667. The number of carbonyl (C=O) groups is 2. The summed E-state index contributed by atoms with van der Waals surface area (Å²) in [5, 5.41) is 12.6. The molecule has 3 aliphatic rings. The first-order chi connectivity index (χ1) is 9.06. The average Bonchev–Trinajstić information content (AvgIpc) is 3.21. The summed E-state index contributed by atoms with van der Waals surface area (Å²) in [6.45, 7) is 2.19. The first-order valence-corrected chi connectivity index (χ1v) is 8.26. The fourth-order valence-electron chi connectivity index (χ4n) is 3.36. The summed E-state index contributed by atoms with van der Waals surface area (Å²) < 4.78 is 0. The molecule has 2 N–H and O–H groups in total. The molecule has 0 bridgehead atoms. The van der Waals surface area contributed by atoms with Crippen LogP contribution in [0, 0.1) is 23.7 Å². The molecule has 19 heavy (non-hydrogen) atoms. The Kier molecular flexibility index (Phi) is 3.50. The summed E-state index contributed by atoms with van der Waals surface area (Å²) in [6.07, 6.45) is 3.76. The van der Waals surface area contributed by atoms with Gasteiger partial charge in [0.25, 0.3) is 0 Å². The molecule has 1 heterocycles. The topological polar surface area (TPSA) is 66.4 Å².